The first kappa shape index (κ1) is 12.7. The van der Waals surface area contributed by atoms with E-state index in [0.717, 1.165) is 5.56 Å². The minimum atomic E-state index is -0.109. The number of hydrogen-bond donors (Lipinski definition) is 1. The number of fused-ring (bicyclic) bond motifs is 1. The van der Waals surface area contributed by atoms with Crippen molar-refractivity contribution in [3.05, 3.63) is 65.2 Å². The number of amides is 1. The fourth-order valence-electron chi connectivity index (χ4n) is 2.86. The molecule has 0 radical (unpaired) electrons. The summed E-state index contributed by atoms with van der Waals surface area (Å²) < 4.78 is 5.97. The van der Waals surface area contributed by atoms with Crippen LogP contribution in [0.1, 0.15) is 34.3 Å². The van der Waals surface area contributed by atoms with E-state index >= 15 is 0 Å². The third kappa shape index (κ3) is 1.95. The second-order valence-electron chi connectivity index (χ2n) is 5.01. The Labute approximate surface area is 118 Å². The summed E-state index contributed by atoms with van der Waals surface area (Å²) in [5.41, 5.74) is 2.91. The van der Waals surface area contributed by atoms with E-state index in [1.807, 2.05) is 37.3 Å². The number of hydrogen-bond acceptors (Lipinski definition) is 2. The predicted octanol–water partition coefficient (Wildman–Crippen LogP) is 2.96. The summed E-state index contributed by atoms with van der Waals surface area (Å²) >= 11 is 0. The summed E-state index contributed by atoms with van der Waals surface area (Å²) in [6, 6.07) is 16.0. The summed E-state index contributed by atoms with van der Waals surface area (Å²) in [4.78, 5) is 11.9. The topological polar surface area (TPSA) is 38.3 Å². The molecule has 1 aliphatic heterocycles. The highest BCUT2D eigenvalue weighted by atomic mass is 16.5. The van der Waals surface area contributed by atoms with Gasteiger partial charge in [-0.1, -0.05) is 42.5 Å². The van der Waals surface area contributed by atoms with E-state index < -0.39 is 0 Å². The molecule has 2 aromatic rings. The molecule has 0 bridgehead atoms. The quantitative estimate of drug-likeness (QED) is 0.908. The average molecular weight is 267 g/mol. The maximum Gasteiger partial charge on any atom is 0.254 e. The molecule has 0 saturated heterocycles. The maximum atomic E-state index is 11.9. The van der Waals surface area contributed by atoms with E-state index in [2.05, 4.69) is 17.4 Å². The summed E-state index contributed by atoms with van der Waals surface area (Å²) in [6.45, 7) is 2.05. The molecule has 20 heavy (non-hydrogen) atoms. The molecule has 1 N–H and O–H groups in total. The monoisotopic (exact) mass is 267 g/mol. The molecule has 0 aliphatic carbocycles. The molecule has 1 heterocycles. The van der Waals surface area contributed by atoms with Crippen molar-refractivity contribution in [2.24, 2.45) is 0 Å². The highest BCUT2D eigenvalue weighted by Gasteiger charge is 2.34. The van der Waals surface area contributed by atoms with Gasteiger partial charge in [-0.3, -0.25) is 4.79 Å². The van der Waals surface area contributed by atoms with Crippen molar-refractivity contribution in [3.8, 4) is 5.75 Å². The lowest BCUT2D eigenvalue weighted by Crippen LogP contribution is -2.19. The van der Waals surface area contributed by atoms with Gasteiger partial charge in [0.1, 0.15) is 11.9 Å². The molecule has 3 nitrogen and oxygen atoms in total. The Morgan fingerprint density at radius 3 is 2.55 bits per heavy atom. The number of ether oxygens (including phenoxy) is 1. The van der Waals surface area contributed by atoms with Crippen molar-refractivity contribution < 1.29 is 9.53 Å². The van der Waals surface area contributed by atoms with E-state index in [1.165, 1.54) is 5.56 Å². The SMILES string of the molecule is CNC(=O)c1cccc2c1O[C@H](C)[C@H]2c1ccccc1. The summed E-state index contributed by atoms with van der Waals surface area (Å²) in [5, 5.41) is 2.66. The van der Waals surface area contributed by atoms with Crippen molar-refractivity contribution in [2.75, 3.05) is 7.05 Å². The van der Waals surface area contributed by atoms with Crippen LogP contribution in [0.3, 0.4) is 0 Å². The van der Waals surface area contributed by atoms with Gasteiger partial charge in [-0.05, 0) is 18.6 Å². The van der Waals surface area contributed by atoms with Gasteiger partial charge >= 0.3 is 0 Å². The number of nitrogens with one attached hydrogen (secondary N) is 1. The van der Waals surface area contributed by atoms with Crippen LogP contribution in [-0.2, 0) is 0 Å². The molecule has 0 saturated carbocycles. The third-order valence-electron chi connectivity index (χ3n) is 3.78. The first-order valence-electron chi connectivity index (χ1n) is 6.79. The van der Waals surface area contributed by atoms with Gasteiger partial charge in [-0.2, -0.15) is 0 Å². The highest BCUT2D eigenvalue weighted by molar-refractivity contribution is 5.97. The lowest BCUT2D eigenvalue weighted by atomic mass is 9.88. The molecule has 3 rings (SSSR count). The van der Waals surface area contributed by atoms with Gasteiger partial charge < -0.3 is 10.1 Å². The summed E-state index contributed by atoms with van der Waals surface area (Å²) in [5.74, 6) is 0.784. The number of carbonyl (C=O) groups is 1. The van der Waals surface area contributed by atoms with Gasteiger partial charge in [0.15, 0.2) is 0 Å². The van der Waals surface area contributed by atoms with Crippen LogP contribution in [0.4, 0.5) is 0 Å². The molecule has 0 spiro atoms. The molecule has 2 aromatic carbocycles. The molecule has 0 aromatic heterocycles. The largest absolute Gasteiger partial charge is 0.489 e. The zero-order valence-electron chi connectivity index (χ0n) is 11.6. The van der Waals surface area contributed by atoms with Crippen LogP contribution in [0.15, 0.2) is 48.5 Å². The average Bonchev–Trinajstić information content (AvgIpc) is 2.83. The Kier molecular flexibility index (Phi) is 3.18. The number of rotatable bonds is 2. The van der Waals surface area contributed by atoms with E-state index in [4.69, 9.17) is 4.74 Å². The molecule has 0 unspecified atom stereocenters. The Morgan fingerprint density at radius 2 is 1.85 bits per heavy atom. The second-order valence-corrected chi connectivity index (χ2v) is 5.01. The van der Waals surface area contributed by atoms with E-state index in [0.29, 0.717) is 11.3 Å². The van der Waals surface area contributed by atoms with E-state index in [1.54, 1.807) is 13.1 Å². The Balaban J connectivity index is 2.10. The van der Waals surface area contributed by atoms with Crippen LogP contribution in [0.5, 0.6) is 5.75 Å². The molecular weight excluding hydrogens is 250 g/mol. The minimum Gasteiger partial charge on any atom is -0.489 e. The zero-order valence-corrected chi connectivity index (χ0v) is 11.6. The highest BCUT2D eigenvalue weighted by Crippen LogP contribution is 2.43. The lowest BCUT2D eigenvalue weighted by molar-refractivity contribution is 0.0958. The smallest absolute Gasteiger partial charge is 0.254 e. The lowest BCUT2D eigenvalue weighted by Gasteiger charge is -2.14. The standard InChI is InChI=1S/C17H17NO2/c1-11-15(12-7-4-3-5-8-12)13-9-6-10-14(16(13)20-11)17(19)18-2/h3-11,15H,1-2H3,(H,18,19)/t11-,15+/m1/s1. The molecule has 1 amide bonds. The van der Waals surface area contributed by atoms with Crippen LogP contribution in [0.2, 0.25) is 0 Å². The van der Waals surface area contributed by atoms with Crippen LogP contribution in [0.25, 0.3) is 0 Å². The molecule has 1 aliphatic rings. The Morgan fingerprint density at radius 1 is 1.10 bits per heavy atom. The minimum absolute atomic E-state index is 0.0261. The van der Waals surface area contributed by atoms with Crippen molar-refractivity contribution >= 4 is 5.91 Å². The predicted molar refractivity (Wildman–Crippen MR) is 78.2 cm³/mol. The Hall–Kier alpha value is -2.29. The van der Waals surface area contributed by atoms with Crippen molar-refractivity contribution in [3.63, 3.8) is 0 Å². The van der Waals surface area contributed by atoms with Gasteiger partial charge in [0.2, 0.25) is 0 Å². The maximum absolute atomic E-state index is 11.9. The molecular formula is C17H17NO2. The molecule has 102 valence electrons. The number of benzene rings is 2. The fourth-order valence-corrected chi connectivity index (χ4v) is 2.86. The van der Waals surface area contributed by atoms with E-state index in [-0.39, 0.29) is 17.9 Å². The summed E-state index contributed by atoms with van der Waals surface area (Å²) in [6.07, 6.45) is 0.0261. The number of carbonyl (C=O) groups excluding carboxylic acids is 1. The first-order valence-corrected chi connectivity index (χ1v) is 6.79. The van der Waals surface area contributed by atoms with Crippen molar-refractivity contribution in [1.82, 2.24) is 5.32 Å². The molecule has 3 heteroatoms. The molecule has 2 atom stereocenters. The zero-order chi connectivity index (χ0) is 14.1. The van der Waals surface area contributed by atoms with Crippen molar-refractivity contribution in [1.29, 1.82) is 0 Å². The van der Waals surface area contributed by atoms with Crippen molar-refractivity contribution in [2.45, 2.75) is 18.9 Å². The normalized spacial score (nSPS) is 20.1. The van der Waals surface area contributed by atoms with Gasteiger partial charge in [0.25, 0.3) is 5.91 Å². The van der Waals surface area contributed by atoms with Crippen LogP contribution in [-0.4, -0.2) is 19.1 Å². The van der Waals surface area contributed by atoms with Crippen LogP contribution >= 0.6 is 0 Å². The first-order chi connectivity index (χ1) is 9.72. The summed E-state index contributed by atoms with van der Waals surface area (Å²) in [7, 11) is 1.63. The van der Waals surface area contributed by atoms with Gasteiger partial charge in [0, 0.05) is 18.5 Å². The second kappa shape index (κ2) is 5.00. The Bertz CT molecular complexity index is 637. The van der Waals surface area contributed by atoms with E-state index in [9.17, 15) is 4.79 Å². The van der Waals surface area contributed by atoms with Gasteiger partial charge in [0.05, 0.1) is 5.56 Å². The molecule has 0 fully saturated rings. The van der Waals surface area contributed by atoms with Crippen LogP contribution < -0.4 is 10.1 Å². The third-order valence-corrected chi connectivity index (χ3v) is 3.78. The fraction of sp³-hybridized carbons (Fsp3) is 0.235. The van der Waals surface area contributed by atoms with Gasteiger partial charge in [-0.15, -0.1) is 0 Å². The van der Waals surface area contributed by atoms with Crippen LogP contribution in [0, 0.1) is 0 Å². The van der Waals surface area contributed by atoms with Gasteiger partial charge in [-0.25, -0.2) is 0 Å². The number of para-hydroxylation sites is 1.